The summed E-state index contributed by atoms with van der Waals surface area (Å²) in [7, 11) is 0. The number of rotatable bonds is 4. The number of benzene rings is 1. The lowest BCUT2D eigenvalue weighted by Crippen LogP contribution is -2.07. The van der Waals surface area contributed by atoms with Crippen LogP contribution in [0.3, 0.4) is 0 Å². The van der Waals surface area contributed by atoms with Crippen molar-refractivity contribution >= 4 is 33.2 Å². The molecular formula is C13H15BrClN3O. The normalized spacial score (nSPS) is 10.7. The maximum absolute atomic E-state index is 6.23. The van der Waals surface area contributed by atoms with E-state index in [9.17, 15) is 0 Å². The van der Waals surface area contributed by atoms with Gasteiger partial charge in [0.25, 0.3) is 0 Å². The molecule has 0 unspecified atom stereocenters. The van der Waals surface area contributed by atoms with Gasteiger partial charge in [0.1, 0.15) is 6.61 Å². The molecule has 0 radical (unpaired) electrons. The molecule has 0 saturated carbocycles. The lowest BCUT2D eigenvalue weighted by atomic mass is 10.3. The number of ether oxygens (including phenoxy) is 1. The topological polar surface area (TPSA) is 53.1 Å². The van der Waals surface area contributed by atoms with E-state index in [-0.39, 0.29) is 0 Å². The van der Waals surface area contributed by atoms with Gasteiger partial charge in [0.2, 0.25) is 0 Å². The van der Waals surface area contributed by atoms with Crippen LogP contribution in [-0.4, -0.2) is 9.78 Å². The van der Waals surface area contributed by atoms with Gasteiger partial charge in [-0.2, -0.15) is 5.10 Å². The molecule has 2 aromatic rings. The highest BCUT2D eigenvalue weighted by Gasteiger charge is 2.14. The van der Waals surface area contributed by atoms with Crippen LogP contribution in [0.5, 0.6) is 5.75 Å². The first-order valence-corrected chi connectivity index (χ1v) is 7.10. The number of hydrogen-bond acceptors (Lipinski definition) is 3. The summed E-state index contributed by atoms with van der Waals surface area (Å²) < 4.78 is 8.43. The summed E-state index contributed by atoms with van der Waals surface area (Å²) in [5.74, 6) is 0.625. The van der Waals surface area contributed by atoms with Gasteiger partial charge in [-0.05, 0) is 41.9 Å². The number of nitrogens with two attached hydrogens (primary N) is 1. The van der Waals surface area contributed by atoms with Crippen molar-refractivity contribution in [2.75, 3.05) is 5.73 Å². The van der Waals surface area contributed by atoms with E-state index in [2.05, 4.69) is 21.0 Å². The molecule has 4 nitrogen and oxygen atoms in total. The van der Waals surface area contributed by atoms with Gasteiger partial charge in [-0.15, -0.1) is 0 Å². The average Bonchev–Trinajstić information content (AvgIpc) is 2.65. The van der Waals surface area contributed by atoms with Crippen LogP contribution < -0.4 is 10.5 Å². The fourth-order valence-corrected chi connectivity index (χ4v) is 2.51. The van der Waals surface area contributed by atoms with Crippen LogP contribution in [0.25, 0.3) is 0 Å². The summed E-state index contributed by atoms with van der Waals surface area (Å²) in [5, 5.41) is 4.99. The second-order valence-corrected chi connectivity index (χ2v) is 5.34. The Hall–Kier alpha value is -1.20. The van der Waals surface area contributed by atoms with E-state index in [1.54, 1.807) is 6.07 Å². The highest BCUT2D eigenvalue weighted by Crippen LogP contribution is 2.32. The third-order valence-electron chi connectivity index (χ3n) is 2.80. The van der Waals surface area contributed by atoms with E-state index < -0.39 is 0 Å². The van der Waals surface area contributed by atoms with Crippen LogP contribution in [-0.2, 0) is 13.2 Å². The molecule has 0 aliphatic carbocycles. The van der Waals surface area contributed by atoms with Crippen LogP contribution in [0.15, 0.2) is 22.7 Å². The molecule has 0 aliphatic rings. The molecule has 0 saturated heterocycles. The maximum Gasteiger partial charge on any atom is 0.156 e. The van der Waals surface area contributed by atoms with Crippen LogP contribution in [0.1, 0.15) is 18.3 Å². The zero-order valence-electron chi connectivity index (χ0n) is 10.8. The van der Waals surface area contributed by atoms with Gasteiger partial charge in [-0.25, -0.2) is 0 Å². The minimum atomic E-state index is 0.334. The van der Waals surface area contributed by atoms with E-state index in [1.807, 2.05) is 30.7 Å². The maximum atomic E-state index is 6.23. The zero-order valence-corrected chi connectivity index (χ0v) is 13.1. The summed E-state index contributed by atoms with van der Waals surface area (Å²) in [6.07, 6.45) is 0. The highest BCUT2D eigenvalue weighted by atomic mass is 79.9. The molecule has 2 N–H and O–H groups in total. The third-order valence-corrected chi connectivity index (χ3v) is 3.92. The number of nitrogen functional groups attached to an aromatic ring is 1. The van der Waals surface area contributed by atoms with Gasteiger partial charge in [0.05, 0.1) is 26.6 Å². The highest BCUT2D eigenvalue weighted by molar-refractivity contribution is 9.10. The molecular weight excluding hydrogens is 330 g/mol. The molecule has 0 fully saturated rings. The molecule has 0 bridgehead atoms. The Bertz CT molecular complexity index is 578. The van der Waals surface area contributed by atoms with Gasteiger partial charge in [0.15, 0.2) is 5.75 Å². The minimum Gasteiger partial charge on any atom is -0.484 e. The van der Waals surface area contributed by atoms with Crippen LogP contribution >= 0.6 is 27.5 Å². The van der Waals surface area contributed by atoms with Gasteiger partial charge in [-0.3, -0.25) is 4.68 Å². The Labute approximate surface area is 125 Å². The lowest BCUT2D eigenvalue weighted by Gasteiger charge is -2.11. The Morgan fingerprint density at radius 2 is 2.21 bits per heavy atom. The Balaban J connectivity index is 2.24. The summed E-state index contributed by atoms with van der Waals surface area (Å²) in [6.45, 7) is 4.97. The number of halogens is 2. The number of para-hydroxylation sites is 1. The molecule has 2 rings (SSSR count). The smallest absolute Gasteiger partial charge is 0.156 e. The number of nitrogens with zero attached hydrogens (tertiary/aromatic N) is 2. The van der Waals surface area contributed by atoms with Crippen molar-refractivity contribution < 1.29 is 4.74 Å². The van der Waals surface area contributed by atoms with Crippen LogP contribution in [0.4, 0.5) is 5.69 Å². The quantitative estimate of drug-likeness (QED) is 0.859. The second-order valence-electron chi connectivity index (χ2n) is 4.11. The summed E-state index contributed by atoms with van der Waals surface area (Å²) in [4.78, 5) is 0. The van der Waals surface area contributed by atoms with Crippen LogP contribution in [0.2, 0.25) is 5.02 Å². The van der Waals surface area contributed by atoms with Crippen molar-refractivity contribution in [3.05, 3.63) is 39.1 Å². The summed E-state index contributed by atoms with van der Waals surface area (Å²) in [6, 6.07) is 5.54. The molecule has 1 heterocycles. The number of anilines is 1. The summed E-state index contributed by atoms with van der Waals surface area (Å²) in [5.41, 5.74) is 8.14. The predicted molar refractivity (Wildman–Crippen MR) is 80.5 cm³/mol. The predicted octanol–water partition coefficient (Wildman–Crippen LogP) is 3.79. The van der Waals surface area contributed by atoms with Crippen molar-refractivity contribution in [3.8, 4) is 5.75 Å². The standard InChI is InChI=1S/C13H15BrClN3O/c1-3-18-11(12(15)8(2)17-18)7-19-13-9(14)5-4-6-10(13)16/h4-6H,3,7,16H2,1-2H3. The van der Waals surface area contributed by atoms with Crippen molar-refractivity contribution in [2.45, 2.75) is 27.0 Å². The Morgan fingerprint density at radius 3 is 2.84 bits per heavy atom. The molecule has 19 heavy (non-hydrogen) atoms. The minimum absolute atomic E-state index is 0.334. The fraction of sp³-hybridized carbons (Fsp3) is 0.308. The van der Waals surface area contributed by atoms with Gasteiger partial charge < -0.3 is 10.5 Å². The van der Waals surface area contributed by atoms with Crippen molar-refractivity contribution in [1.82, 2.24) is 9.78 Å². The van der Waals surface area contributed by atoms with Gasteiger partial charge >= 0.3 is 0 Å². The van der Waals surface area contributed by atoms with Crippen molar-refractivity contribution in [2.24, 2.45) is 0 Å². The number of aromatic nitrogens is 2. The number of hydrogen-bond donors (Lipinski definition) is 1. The van der Waals surface area contributed by atoms with Crippen LogP contribution in [0, 0.1) is 6.92 Å². The third kappa shape index (κ3) is 2.87. The van der Waals surface area contributed by atoms with E-state index in [0.29, 0.717) is 23.1 Å². The van der Waals surface area contributed by atoms with Gasteiger partial charge in [-0.1, -0.05) is 17.7 Å². The second kappa shape index (κ2) is 5.84. The molecule has 0 aliphatic heterocycles. The van der Waals surface area contributed by atoms with Gasteiger partial charge in [0, 0.05) is 6.54 Å². The summed E-state index contributed by atoms with van der Waals surface area (Å²) >= 11 is 9.65. The fourth-order valence-electron chi connectivity index (χ4n) is 1.83. The first-order chi connectivity index (χ1) is 9.04. The zero-order chi connectivity index (χ0) is 14.0. The largest absolute Gasteiger partial charge is 0.484 e. The van der Waals surface area contributed by atoms with E-state index in [1.165, 1.54) is 0 Å². The molecule has 0 amide bonds. The van der Waals surface area contributed by atoms with E-state index in [0.717, 1.165) is 22.4 Å². The van der Waals surface area contributed by atoms with E-state index in [4.69, 9.17) is 22.1 Å². The van der Waals surface area contributed by atoms with Crippen molar-refractivity contribution in [1.29, 1.82) is 0 Å². The van der Waals surface area contributed by atoms with E-state index >= 15 is 0 Å². The molecule has 102 valence electrons. The Kier molecular flexibility index (Phi) is 4.37. The first-order valence-electron chi connectivity index (χ1n) is 5.93. The lowest BCUT2D eigenvalue weighted by molar-refractivity contribution is 0.292. The monoisotopic (exact) mass is 343 g/mol. The van der Waals surface area contributed by atoms with Crippen molar-refractivity contribution in [3.63, 3.8) is 0 Å². The molecule has 0 spiro atoms. The first kappa shape index (κ1) is 14.2. The average molecular weight is 345 g/mol. The molecule has 1 aromatic carbocycles. The molecule has 0 atom stereocenters. The SMILES string of the molecule is CCn1nc(C)c(Cl)c1COc1c(N)cccc1Br. The number of aryl methyl sites for hydroxylation is 2. The molecule has 6 heteroatoms. The Morgan fingerprint density at radius 1 is 1.47 bits per heavy atom. The molecule has 1 aromatic heterocycles.